The van der Waals surface area contributed by atoms with Crippen LogP contribution in [0.5, 0.6) is 5.88 Å². The Kier molecular flexibility index (Phi) is 5.76. The second-order valence-electron chi connectivity index (χ2n) is 6.75. The van der Waals surface area contributed by atoms with Crippen LogP contribution in [0.25, 0.3) is 0 Å². The van der Waals surface area contributed by atoms with E-state index in [1.54, 1.807) is 26.0 Å². The molecule has 30 heavy (non-hydrogen) atoms. The second-order valence-corrected chi connectivity index (χ2v) is 8.31. The van der Waals surface area contributed by atoms with Crippen LogP contribution in [0.4, 0.5) is 5.69 Å². The van der Waals surface area contributed by atoms with Crippen LogP contribution in [-0.4, -0.2) is 28.9 Å². The maximum absolute atomic E-state index is 12.8. The first kappa shape index (κ1) is 21.3. The van der Waals surface area contributed by atoms with Crippen molar-refractivity contribution in [2.75, 3.05) is 0 Å². The average Bonchev–Trinajstić information content (AvgIpc) is 3.18. The summed E-state index contributed by atoms with van der Waals surface area (Å²) in [5.41, 5.74) is -1.25. The maximum atomic E-state index is 12.8. The molecule has 0 aliphatic carbocycles. The minimum atomic E-state index is -3.84. The van der Waals surface area contributed by atoms with E-state index in [2.05, 4.69) is 4.99 Å². The van der Waals surface area contributed by atoms with Crippen molar-refractivity contribution in [2.24, 2.45) is 10.1 Å². The summed E-state index contributed by atoms with van der Waals surface area (Å²) in [7, 11) is -3.84. The molecule has 2 aromatic heterocycles. The number of hydrogen-bond acceptors (Lipinski definition) is 7. The van der Waals surface area contributed by atoms with Crippen molar-refractivity contribution in [1.82, 2.24) is 9.13 Å². The monoisotopic (exact) mass is 432 g/mol. The standard InChI is InChI=1S/C19H20N4O6S/c1-12(2)23-18(25)16(10-21-13-5-7-15(8-6-13)30(20,27)28)17(24)22(19(23)26)11-14-4-3-9-29-14/h3-10,12,24H,11H2,1-2H3,(H2,20,27,28). The lowest BCUT2D eigenvalue weighted by molar-refractivity contribution is 0.375. The van der Waals surface area contributed by atoms with Gasteiger partial charge in [0.2, 0.25) is 15.9 Å². The molecule has 0 spiro atoms. The van der Waals surface area contributed by atoms with E-state index >= 15 is 0 Å². The van der Waals surface area contributed by atoms with Crippen molar-refractivity contribution < 1.29 is 17.9 Å². The highest BCUT2D eigenvalue weighted by Gasteiger charge is 2.20. The van der Waals surface area contributed by atoms with Crippen LogP contribution in [0, 0.1) is 0 Å². The van der Waals surface area contributed by atoms with Crippen molar-refractivity contribution >= 4 is 21.9 Å². The van der Waals surface area contributed by atoms with E-state index in [9.17, 15) is 23.1 Å². The fourth-order valence-corrected chi connectivity index (χ4v) is 3.32. The number of sulfonamides is 1. The predicted molar refractivity (Wildman–Crippen MR) is 110 cm³/mol. The van der Waals surface area contributed by atoms with Gasteiger partial charge in [-0.3, -0.25) is 18.9 Å². The molecule has 0 unspecified atom stereocenters. The Balaban J connectivity index is 2.09. The molecule has 1 aromatic carbocycles. The van der Waals surface area contributed by atoms with Crippen LogP contribution in [0.2, 0.25) is 0 Å². The lowest BCUT2D eigenvalue weighted by atomic mass is 10.2. The van der Waals surface area contributed by atoms with Gasteiger partial charge in [0.25, 0.3) is 5.56 Å². The molecule has 0 saturated heterocycles. The second kappa shape index (κ2) is 8.13. The Morgan fingerprint density at radius 3 is 2.40 bits per heavy atom. The normalized spacial score (nSPS) is 12.1. The molecule has 0 atom stereocenters. The molecular formula is C19H20N4O6S. The molecule has 0 saturated carbocycles. The molecule has 0 radical (unpaired) electrons. The Labute approximate surface area is 171 Å². The summed E-state index contributed by atoms with van der Waals surface area (Å²) >= 11 is 0. The predicted octanol–water partition coefficient (Wildman–Crippen LogP) is 1.34. The van der Waals surface area contributed by atoms with Gasteiger partial charge >= 0.3 is 5.69 Å². The molecule has 0 fully saturated rings. The molecule has 3 rings (SSSR count). The zero-order valence-corrected chi connectivity index (χ0v) is 17.0. The minimum absolute atomic E-state index is 0.0748. The molecule has 158 valence electrons. The third-order valence-electron chi connectivity index (χ3n) is 4.30. The Morgan fingerprint density at radius 1 is 1.20 bits per heavy atom. The highest BCUT2D eigenvalue weighted by Crippen LogP contribution is 2.17. The molecule has 3 aromatic rings. The number of nitrogens with zero attached hydrogens (tertiary/aromatic N) is 3. The number of aromatic nitrogens is 2. The number of nitrogens with two attached hydrogens (primary N) is 1. The fourth-order valence-electron chi connectivity index (χ4n) is 2.81. The summed E-state index contributed by atoms with van der Waals surface area (Å²) in [5.74, 6) is -0.133. The van der Waals surface area contributed by atoms with Gasteiger partial charge in [-0.25, -0.2) is 18.4 Å². The van der Waals surface area contributed by atoms with Crippen LogP contribution in [0.15, 0.2) is 66.6 Å². The lowest BCUT2D eigenvalue weighted by Gasteiger charge is -2.15. The molecule has 2 heterocycles. The zero-order valence-electron chi connectivity index (χ0n) is 16.2. The highest BCUT2D eigenvalue weighted by atomic mass is 32.2. The average molecular weight is 432 g/mol. The van der Waals surface area contributed by atoms with Crippen molar-refractivity contribution in [3.8, 4) is 5.88 Å². The van der Waals surface area contributed by atoms with Crippen LogP contribution in [0.1, 0.15) is 31.2 Å². The fraction of sp³-hybridized carbons (Fsp3) is 0.211. The molecule has 11 heteroatoms. The third kappa shape index (κ3) is 4.26. The van der Waals surface area contributed by atoms with Crippen LogP contribution in [0.3, 0.4) is 0 Å². The van der Waals surface area contributed by atoms with E-state index in [0.717, 1.165) is 15.3 Å². The third-order valence-corrected chi connectivity index (χ3v) is 5.23. The van der Waals surface area contributed by atoms with Crippen LogP contribution in [-0.2, 0) is 16.6 Å². The van der Waals surface area contributed by atoms with Gasteiger partial charge in [0, 0.05) is 12.3 Å². The van der Waals surface area contributed by atoms with E-state index in [1.807, 2.05) is 0 Å². The molecular weight excluding hydrogens is 412 g/mol. The molecule has 0 amide bonds. The van der Waals surface area contributed by atoms with Crippen LogP contribution >= 0.6 is 0 Å². The van der Waals surface area contributed by atoms with Crippen LogP contribution < -0.4 is 16.4 Å². The molecule has 0 aliphatic heterocycles. The Bertz CT molecular complexity index is 1300. The number of aliphatic imine (C=N–C) groups is 1. The Hall–Kier alpha value is -3.44. The first-order valence-corrected chi connectivity index (χ1v) is 10.4. The lowest BCUT2D eigenvalue weighted by Crippen LogP contribution is -2.42. The van der Waals surface area contributed by atoms with Crippen molar-refractivity contribution in [2.45, 2.75) is 31.3 Å². The number of benzene rings is 1. The maximum Gasteiger partial charge on any atom is 0.334 e. The van der Waals surface area contributed by atoms with Gasteiger partial charge in [-0.15, -0.1) is 0 Å². The highest BCUT2D eigenvalue weighted by molar-refractivity contribution is 7.89. The van der Waals surface area contributed by atoms with Gasteiger partial charge in [0.05, 0.1) is 23.4 Å². The number of furan rings is 1. The first-order chi connectivity index (χ1) is 14.1. The molecule has 10 nitrogen and oxygen atoms in total. The largest absolute Gasteiger partial charge is 0.494 e. The van der Waals surface area contributed by atoms with Gasteiger partial charge in [0.15, 0.2) is 0 Å². The zero-order chi connectivity index (χ0) is 22.1. The smallest absolute Gasteiger partial charge is 0.334 e. The van der Waals surface area contributed by atoms with Crippen molar-refractivity contribution in [3.63, 3.8) is 0 Å². The number of aromatic hydroxyl groups is 1. The van der Waals surface area contributed by atoms with E-state index < -0.39 is 33.2 Å². The van der Waals surface area contributed by atoms with Crippen molar-refractivity contribution in [1.29, 1.82) is 0 Å². The van der Waals surface area contributed by atoms with Gasteiger partial charge in [-0.05, 0) is 50.2 Å². The first-order valence-electron chi connectivity index (χ1n) is 8.87. The Morgan fingerprint density at radius 2 is 1.87 bits per heavy atom. The number of hydrogen-bond donors (Lipinski definition) is 2. The minimum Gasteiger partial charge on any atom is -0.494 e. The summed E-state index contributed by atoms with van der Waals surface area (Å²) in [6, 6.07) is 8.15. The molecule has 0 bridgehead atoms. The van der Waals surface area contributed by atoms with Gasteiger partial charge in [-0.1, -0.05) is 0 Å². The number of primary sulfonamides is 1. The van der Waals surface area contributed by atoms with Gasteiger partial charge < -0.3 is 9.52 Å². The topological polar surface area (TPSA) is 150 Å². The van der Waals surface area contributed by atoms with E-state index in [-0.39, 0.29) is 17.0 Å². The summed E-state index contributed by atoms with van der Waals surface area (Å²) in [6.45, 7) is 3.27. The summed E-state index contributed by atoms with van der Waals surface area (Å²) in [5, 5.41) is 15.7. The summed E-state index contributed by atoms with van der Waals surface area (Å²) in [6.07, 6.45) is 2.56. The van der Waals surface area contributed by atoms with E-state index in [4.69, 9.17) is 9.56 Å². The summed E-state index contributed by atoms with van der Waals surface area (Å²) in [4.78, 5) is 29.6. The van der Waals surface area contributed by atoms with Gasteiger partial charge in [-0.2, -0.15) is 0 Å². The SMILES string of the molecule is CC(C)n1c(=O)c(C=Nc2ccc(S(N)(=O)=O)cc2)c(O)n(Cc2ccco2)c1=O. The molecule has 0 aliphatic rings. The molecule has 3 N–H and O–H groups in total. The summed E-state index contributed by atoms with van der Waals surface area (Å²) < 4.78 is 29.9. The van der Waals surface area contributed by atoms with Gasteiger partial charge in [0.1, 0.15) is 11.3 Å². The van der Waals surface area contributed by atoms with E-state index in [1.165, 1.54) is 30.5 Å². The quantitative estimate of drug-likeness (QED) is 0.561. The van der Waals surface area contributed by atoms with E-state index in [0.29, 0.717) is 11.4 Å². The van der Waals surface area contributed by atoms with Crippen molar-refractivity contribution in [3.05, 3.63) is 74.8 Å². The number of rotatable bonds is 6.